The Balaban J connectivity index is 1.93. The fraction of sp³-hybridized carbons (Fsp3) is 0.125. The van der Waals surface area contributed by atoms with Crippen molar-refractivity contribution in [2.45, 2.75) is 0 Å². The van der Waals surface area contributed by atoms with E-state index in [0.717, 1.165) is 16.9 Å². The van der Waals surface area contributed by atoms with Gasteiger partial charge in [-0.25, -0.2) is 4.68 Å². The van der Waals surface area contributed by atoms with Crippen LogP contribution in [0.15, 0.2) is 54.7 Å². The summed E-state index contributed by atoms with van der Waals surface area (Å²) in [6.45, 7) is 0. The zero-order valence-corrected chi connectivity index (χ0v) is 11.9. The molecule has 1 N–H and O–H groups in total. The molecule has 3 rings (SSSR count). The van der Waals surface area contributed by atoms with Gasteiger partial charge in [-0.05, 0) is 24.3 Å². The highest BCUT2D eigenvalue weighted by Crippen LogP contribution is 2.24. The second-order valence-electron chi connectivity index (χ2n) is 4.98. The quantitative estimate of drug-likeness (QED) is 0.801. The molecule has 0 aliphatic heterocycles. The minimum absolute atomic E-state index is 0.178. The van der Waals surface area contributed by atoms with E-state index in [1.807, 2.05) is 49.3 Å². The Labute approximate surface area is 123 Å². The number of para-hydroxylation sites is 2. The molecule has 0 unspecified atom stereocenters. The van der Waals surface area contributed by atoms with Crippen molar-refractivity contribution in [1.82, 2.24) is 15.0 Å². The summed E-state index contributed by atoms with van der Waals surface area (Å²) in [7, 11) is 4.01. The van der Waals surface area contributed by atoms with Gasteiger partial charge in [-0.1, -0.05) is 29.5 Å². The van der Waals surface area contributed by atoms with E-state index in [-0.39, 0.29) is 5.75 Å². The van der Waals surface area contributed by atoms with Crippen LogP contribution in [0.2, 0.25) is 0 Å². The molecule has 0 radical (unpaired) electrons. The number of anilines is 1. The summed E-state index contributed by atoms with van der Waals surface area (Å²) in [6, 6.07) is 15.1. The molecule has 106 valence electrons. The fourth-order valence-corrected chi connectivity index (χ4v) is 2.10. The van der Waals surface area contributed by atoms with Crippen molar-refractivity contribution >= 4 is 5.69 Å². The maximum absolute atomic E-state index is 9.85. The summed E-state index contributed by atoms with van der Waals surface area (Å²) in [5.74, 6) is 0.178. The second-order valence-corrected chi connectivity index (χ2v) is 4.98. The highest BCUT2D eigenvalue weighted by molar-refractivity contribution is 5.62. The van der Waals surface area contributed by atoms with Crippen LogP contribution in [0.3, 0.4) is 0 Å². The molecule has 0 aliphatic carbocycles. The number of nitrogens with zero attached hydrogens (tertiary/aromatic N) is 4. The number of hydrogen-bond acceptors (Lipinski definition) is 4. The molecule has 0 fully saturated rings. The molecule has 0 spiro atoms. The van der Waals surface area contributed by atoms with Crippen LogP contribution in [0.4, 0.5) is 5.69 Å². The molecule has 0 saturated heterocycles. The molecule has 1 heterocycles. The van der Waals surface area contributed by atoms with E-state index >= 15 is 0 Å². The van der Waals surface area contributed by atoms with Gasteiger partial charge in [-0.15, -0.1) is 5.10 Å². The van der Waals surface area contributed by atoms with Crippen LogP contribution in [0.1, 0.15) is 0 Å². The highest BCUT2D eigenvalue weighted by atomic mass is 16.3. The Morgan fingerprint density at radius 1 is 1.00 bits per heavy atom. The van der Waals surface area contributed by atoms with Gasteiger partial charge in [-0.2, -0.15) is 0 Å². The van der Waals surface area contributed by atoms with E-state index in [9.17, 15) is 5.11 Å². The van der Waals surface area contributed by atoms with Crippen LogP contribution >= 0.6 is 0 Å². The molecule has 21 heavy (non-hydrogen) atoms. The maximum atomic E-state index is 9.85. The Morgan fingerprint density at radius 2 is 1.71 bits per heavy atom. The van der Waals surface area contributed by atoms with E-state index in [4.69, 9.17) is 0 Å². The van der Waals surface area contributed by atoms with Crippen molar-refractivity contribution in [2.24, 2.45) is 0 Å². The molecule has 0 aliphatic rings. The predicted molar refractivity (Wildman–Crippen MR) is 82.8 cm³/mol. The first-order chi connectivity index (χ1) is 10.1. The lowest BCUT2D eigenvalue weighted by Gasteiger charge is -2.11. The molecule has 2 aromatic carbocycles. The van der Waals surface area contributed by atoms with Gasteiger partial charge in [-0.3, -0.25) is 0 Å². The van der Waals surface area contributed by atoms with Crippen molar-refractivity contribution in [3.8, 4) is 22.7 Å². The number of benzene rings is 2. The number of aromatic nitrogens is 3. The summed E-state index contributed by atoms with van der Waals surface area (Å²) >= 11 is 0. The molecule has 0 atom stereocenters. The first-order valence-electron chi connectivity index (χ1n) is 6.63. The predicted octanol–water partition coefficient (Wildman–Crippen LogP) is 2.71. The second kappa shape index (κ2) is 5.28. The van der Waals surface area contributed by atoms with Gasteiger partial charge >= 0.3 is 0 Å². The Morgan fingerprint density at radius 3 is 2.38 bits per heavy atom. The molecule has 3 aromatic rings. The van der Waals surface area contributed by atoms with Gasteiger partial charge < -0.3 is 10.0 Å². The molecular weight excluding hydrogens is 264 g/mol. The van der Waals surface area contributed by atoms with E-state index in [1.54, 1.807) is 29.1 Å². The van der Waals surface area contributed by atoms with Gasteiger partial charge in [0.15, 0.2) is 0 Å². The van der Waals surface area contributed by atoms with Gasteiger partial charge in [0.05, 0.1) is 6.20 Å². The lowest BCUT2D eigenvalue weighted by atomic mass is 10.1. The number of phenolic OH excluding ortho intramolecular Hbond substituents is 1. The van der Waals surface area contributed by atoms with Gasteiger partial charge in [0, 0.05) is 25.3 Å². The maximum Gasteiger partial charge on any atom is 0.141 e. The number of phenols is 1. The zero-order valence-electron chi connectivity index (χ0n) is 11.9. The summed E-state index contributed by atoms with van der Waals surface area (Å²) in [4.78, 5) is 2.04. The SMILES string of the molecule is CN(C)c1ccc(-c2cn(-c3ccccc3O)nn2)cc1. The third kappa shape index (κ3) is 2.58. The van der Waals surface area contributed by atoms with Crippen molar-refractivity contribution in [3.63, 3.8) is 0 Å². The third-order valence-electron chi connectivity index (χ3n) is 3.30. The van der Waals surface area contributed by atoms with E-state index in [0.29, 0.717) is 5.69 Å². The third-order valence-corrected chi connectivity index (χ3v) is 3.30. The van der Waals surface area contributed by atoms with Crippen molar-refractivity contribution in [2.75, 3.05) is 19.0 Å². The van der Waals surface area contributed by atoms with Crippen LogP contribution < -0.4 is 4.90 Å². The summed E-state index contributed by atoms with van der Waals surface area (Å²) < 4.78 is 1.57. The number of rotatable bonds is 3. The van der Waals surface area contributed by atoms with Gasteiger partial charge in [0.25, 0.3) is 0 Å². The Bertz CT molecular complexity index is 747. The standard InChI is InChI=1S/C16H16N4O/c1-19(2)13-9-7-12(8-10-13)14-11-20(18-17-14)15-5-3-4-6-16(15)21/h3-11,21H,1-2H3. The Hall–Kier alpha value is -2.82. The highest BCUT2D eigenvalue weighted by Gasteiger charge is 2.08. The van der Waals surface area contributed by atoms with Crippen LogP contribution in [0.25, 0.3) is 16.9 Å². The number of hydrogen-bond donors (Lipinski definition) is 1. The van der Waals surface area contributed by atoms with Crippen LogP contribution in [-0.2, 0) is 0 Å². The van der Waals surface area contributed by atoms with Crippen molar-refractivity contribution < 1.29 is 5.11 Å². The average Bonchev–Trinajstić information content (AvgIpc) is 2.97. The van der Waals surface area contributed by atoms with E-state index < -0.39 is 0 Å². The van der Waals surface area contributed by atoms with Crippen LogP contribution in [0.5, 0.6) is 5.75 Å². The number of aromatic hydroxyl groups is 1. The normalized spacial score (nSPS) is 10.6. The van der Waals surface area contributed by atoms with E-state index in [2.05, 4.69) is 10.3 Å². The monoisotopic (exact) mass is 280 g/mol. The van der Waals surface area contributed by atoms with Crippen molar-refractivity contribution in [1.29, 1.82) is 0 Å². The van der Waals surface area contributed by atoms with Gasteiger partial charge in [0.2, 0.25) is 0 Å². The largest absolute Gasteiger partial charge is 0.506 e. The lowest BCUT2D eigenvalue weighted by molar-refractivity contribution is 0.470. The average molecular weight is 280 g/mol. The Kier molecular flexibility index (Phi) is 3.31. The molecule has 5 heteroatoms. The minimum atomic E-state index is 0.178. The van der Waals surface area contributed by atoms with Crippen molar-refractivity contribution in [3.05, 3.63) is 54.7 Å². The van der Waals surface area contributed by atoms with Gasteiger partial charge in [0.1, 0.15) is 17.1 Å². The molecule has 1 aromatic heterocycles. The first kappa shape index (κ1) is 13.2. The zero-order chi connectivity index (χ0) is 14.8. The molecule has 0 saturated carbocycles. The summed E-state index contributed by atoms with van der Waals surface area (Å²) in [5, 5.41) is 18.1. The smallest absolute Gasteiger partial charge is 0.141 e. The first-order valence-corrected chi connectivity index (χ1v) is 6.63. The minimum Gasteiger partial charge on any atom is -0.506 e. The van der Waals surface area contributed by atoms with Crippen LogP contribution in [-0.4, -0.2) is 34.2 Å². The van der Waals surface area contributed by atoms with E-state index in [1.165, 1.54) is 0 Å². The fourth-order valence-electron chi connectivity index (χ4n) is 2.10. The summed E-state index contributed by atoms with van der Waals surface area (Å²) in [5.41, 5.74) is 3.50. The molecule has 5 nitrogen and oxygen atoms in total. The molecule has 0 amide bonds. The van der Waals surface area contributed by atoms with Crippen LogP contribution in [0, 0.1) is 0 Å². The summed E-state index contributed by atoms with van der Waals surface area (Å²) in [6.07, 6.45) is 1.81. The topological polar surface area (TPSA) is 54.2 Å². The lowest BCUT2D eigenvalue weighted by Crippen LogP contribution is -2.07. The molecular formula is C16H16N4O. The molecule has 0 bridgehead atoms.